The Morgan fingerprint density at radius 3 is 2.50 bits per heavy atom. The molecule has 5 nitrogen and oxygen atoms in total. The van der Waals surface area contributed by atoms with Crippen LogP contribution in [0.1, 0.15) is 41.6 Å². The summed E-state index contributed by atoms with van der Waals surface area (Å²) in [6.07, 6.45) is 3.22. The molecule has 0 unspecified atom stereocenters. The van der Waals surface area contributed by atoms with Crippen molar-refractivity contribution >= 4 is 17.6 Å². The molecule has 20 heavy (non-hydrogen) atoms. The van der Waals surface area contributed by atoms with Gasteiger partial charge < -0.3 is 16.2 Å². The molecule has 0 aromatic heterocycles. The molecule has 1 amide bonds. The maximum atomic E-state index is 12.2. The molecule has 1 aromatic rings. The molecule has 0 heterocycles. The number of anilines is 1. The molecule has 0 saturated heterocycles. The van der Waals surface area contributed by atoms with Gasteiger partial charge in [-0.2, -0.15) is 0 Å². The van der Waals surface area contributed by atoms with Crippen LogP contribution in [0.4, 0.5) is 5.69 Å². The Balaban J connectivity index is 2.12. The van der Waals surface area contributed by atoms with Crippen LogP contribution in [0, 0.1) is 12.8 Å². The van der Waals surface area contributed by atoms with E-state index >= 15 is 0 Å². The van der Waals surface area contributed by atoms with Crippen LogP contribution in [0.2, 0.25) is 0 Å². The molecule has 0 radical (unpaired) electrons. The van der Waals surface area contributed by atoms with Crippen LogP contribution in [0.3, 0.4) is 0 Å². The van der Waals surface area contributed by atoms with Crippen molar-refractivity contribution < 1.29 is 14.7 Å². The molecule has 2 rings (SSSR count). The molecule has 0 spiro atoms. The Morgan fingerprint density at radius 2 is 1.90 bits per heavy atom. The van der Waals surface area contributed by atoms with Gasteiger partial charge in [-0.3, -0.25) is 4.79 Å². The summed E-state index contributed by atoms with van der Waals surface area (Å²) < 4.78 is 0. The molecule has 1 saturated carbocycles. The Hall–Kier alpha value is -1.88. The van der Waals surface area contributed by atoms with Crippen LogP contribution in [0.15, 0.2) is 18.2 Å². The zero-order chi connectivity index (χ0) is 14.7. The summed E-state index contributed by atoms with van der Waals surface area (Å²) >= 11 is 0. The van der Waals surface area contributed by atoms with Crippen LogP contribution in [-0.4, -0.2) is 23.0 Å². The maximum absolute atomic E-state index is 12.2. The number of amides is 1. The first-order chi connectivity index (χ1) is 9.49. The van der Waals surface area contributed by atoms with Gasteiger partial charge in [0.05, 0.1) is 11.3 Å². The molecule has 0 bridgehead atoms. The van der Waals surface area contributed by atoms with E-state index in [9.17, 15) is 14.7 Å². The van der Waals surface area contributed by atoms with Crippen LogP contribution in [0.5, 0.6) is 0 Å². The van der Waals surface area contributed by atoms with Crippen molar-refractivity contribution in [2.75, 3.05) is 5.32 Å². The molecule has 0 atom stereocenters. The number of carboxylic acid groups (broad SMARTS) is 1. The third-order valence-corrected chi connectivity index (χ3v) is 3.89. The van der Waals surface area contributed by atoms with E-state index in [0.29, 0.717) is 11.3 Å². The molecular formula is C15H20N2O3. The second-order valence-electron chi connectivity index (χ2n) is 5.40. The van der Waals surface area contributed by atoms with Gasteiger partial charge in [-0.05, 0) is 44.2 Å². The molecule has 1 aliphatic carbocycles. The molecule has 108 valence electrons. The van der Waals surface area contributed by atoms with E-state index in [2.05, 4.69) is 5.32 Å². The second-order valence-corrected chi connectivity index (χ2v) is 5.40. The van der Waals surface area contributed by atoms with E-state index in [4.69, 9.17) is 5.73 Å². The van der Waals surface area contributed by atoms with Gasteiger partial charge in [0.1, 0.15) is 0 Å². The molecule has 4 N–H and O–H groups in total. The SMILES string of the molecule is Cc1cccc(NC(=O)C2CCC(N)CC2)c1C(=O)O. The quantitative estimate of drug-likeness (QED) is 0.788. The number of carboxylic acids is 1. The van der Waals surface area contributed by atoms with Gasteiger partial charge in [-0.25, -0.2) is 4.79 Å². The monoisotopic (exact) mass is 276 g/mol. The van der Waals surface area contributed by atoms with E-state index in [1.807, 2.05) is 0 Å². The summed E-state index contributed by atoms with van der Waals surface area (Å²) in [6, 6.07) is 5.28. The summed E-state index contributed by atoms with van der Waals surface area (Å²) in [7, 11) is 0. The Morgan fingerprint density at radius 1 is 1.25 bits per heavy atom. The number of nitrogens with one attached hydrogen (secondary N) is 1. The molecule has 0 aliphatic heterocycles. The number of hydrogen-bond donors (Lipinski definition) is 3. The predicted molar refractivity (Wildman–Crippen MR) is 76.7 cm³/mol. The van der Waals surface area contributed by atoms with E-state index in [1.165, 1.54) is 0 Å². The standard InChI is InChI=1S/C15H20N2O3/c1-9-3-2-4-12(13(9)15(19)20)17-14(18)10-5-7-11(16)8-6-10/h2-4,10-11H,5-8,16H2,1H3,(H,17,18)(H,19,20). The minimum atomic E-state index is -1.02. The lowest BCUT2D eigenvalue weighted by Gasteiger charge is -2.25. The van der Waals surface area contributed by atoms with Crippen molar-refractivity contribution in [2.45, 2.75) is 38.6 Å². The van der Waals surface area contributed by atoms with Gasteiger partial charge in [0.15, 0.2) is 0 Å². The van der Waals surface area contributed by atoms with Gasteiger partial charge in [0.25, 0.3) is 0 Å². The summed E-state index contributed by atoms with van der Waals surface area (Å²) in [5.41, 5.74) is 7.00. The molecule has 1 aliphatic rings. The highest BCUT2D eigenvalue weighted by Crippen LogP contribution is 2.26. The van der Waals surface area contributed by atoms with E-state index in [-0.39, 0.29) is 23.4 Å². The molecular weight excluding hydrogens is 256 g/mol. The fourth-order valence-corrected chi connectivity index (χ4v) is 2.67. The molecule has 1 aromatic carbocycles. The first-order valence-corrected chi connectivity index (χ1v) is 6.88. The maximum Gasteiger partial charge on any atom is 0.338 e. The van der Waals surface area contributed by atoms with Crippen molar-refractivity contribution in [1.29, 1.82) is 0 Å². The smallest absolute Gasteiger partial charge is 0.338 e. The van der Waals surface area contributed by atoms with Gasteiger partial charge in [0.2, 0.25) is 5.91 Å². The van der Waals surface area contributed by atoms with Gasteiger partial charge in [0, 0.05) is 12.0 Å². The number of aryl methyl sites for hydroxylation is 1. The number of benzene rings is 1. The summed E-state index contributed by atoms with van der Waals surface area (Å²) in [5, 5.41) is 12.0. The lowest BCUT2D eigenvalue weighted by Crippen LogP contribution is -2.32. The van der Waals surface area contributed by atoms with E-state index < -0.39 is 5.97 Å². The number of carbonyl (C=O) groups is 2. The largest absolute Gasteiger partial charge is 0.478 e. The van der Waals surface area contributed by atoms with Gasteiger partial charge in [-0.15, -0.1) is 0 Å². The zero-order valence-electron chi connectivity index (χ0n) is 11.6. The van der Waals surface area contributed by atoms with Crippen LogP contribution >= 0.6 is 0 Å². The third-order valence-electron chi connectivity index (χ3n) is 3.89. The number of hydrogen-bond acceptors (Lipinski definition) is 3. The van der Waals surface area contributed by atoms with Crippen LogP contribution in [-0.2, 0) is 4.79 Å². The van der Waals surface area contributed by atoms with Crippen molar-refractivity contribution in [2.24, 2.45) is 11.7 Å². The Labute approximate surface area is 118 Å². The number of aromatic carboxylic acids is 1. The normalized spacial score (nSPS) is 22.3. The summed E-state index contributed by atoms with van der Waals surface area (Å²) in [6.45, 7) is 1.72. The zero-order valence-corrected chi connectivity index (χ0v) is 11.6. The number of carbonyl (C=O) groups excluding carboxylic acids is 1. The Bertz CT molecular complexity index is 520. The minimum Gasteiger partial charge on any atom is -0.478 e. The van der Waals surface area contributed by atoms with Crippen molar-refractivity contribution in [3.63, 3.8) is 0 Å². The van der Waals surface area contributed by atoms with E-state index in [1.54, 1.807) is 25.1 Å². The predicted octanol–water partition coefficient (Wildman–Crippen LogP) is 2.15. The highest BCUT2D eigenvalue weighted by atomic mass is 16.4. The molecule has 1 fully saturated rings. The van der Waals surface area contributed by atoms with Crippen LogP contribution in [0.25, 0.3) is 0 Å². The van der Waals surface area contributed by atoms with Crippen molar-refractivity contribution in [1.82, 2.24) is 0 Å². The average molecular weight is 276 g/mol. The van der Waals surface area contributed by atoms with Gasteiger partial charge in [-0.1, -0.05) is 12.1 Å². The Kier molecular flexibility index (Phi) is 4.39. The van der Waals surface area contributed by atoms with Gasteiger partial charge >= 0.3 is 5.97 Å². The highest BCUT2D eigenvalue weighted by Gasteiger charge is 2.25. The summed E-state index contributed by atoms with van der Waals surface area (Å²) in [5.74, 6) is -1.20. The second kappa shape index (κ2) is 6.05. The number of nitrogens with two attached hydrogens (primary N) is 1. The highest BCUT2D eigenvalue weighted by molar-refractivity contribution is 6.02. The number of rotatable bonds is 3. The lowest BCUT2D eigenvalue weighted by atomic mass is 9.86. The summed E-state index contributed by atoms with van der Waals surface area (Å²) in [4.78, 5) is 23.5. The fourth-order valence-electron chi connectivity index (χ4n) is 2.67. The minimum absolute atomic E-state index is 0.0723. The first-order valence-electron chi connectivity index (χ1n) is 6.88. The van der Waals surface area contributed by atoms with Crippen molar-refractivity contribution in [3.8, 4) is 0 Å². The fraction of sp³-hybridized carbons (Fsp3) is 0.467. The first kappa shape index (κ1) is 14.5. The molecule has 5 heteroatoms. The topological polar surface area (TPSA) is 92.4 Å². The average Bonchev–Trinajstić information content (AvgIpc) is 2.39. The van der Waals surface area contributed by atoms with Crippen molar-refractivity contribution in [3.05, 3.63) is 29.3 Å². The van der Waals surface area contributed by atoms with E-state index in [0.717, 1.165) is 25.7 Å². The third kappa shape index (κ3) is 3.17. The van der Waals surface area contributed by atoms with Crippen LogP contribution < -0.4 is 11.1 Å². The lowest BCUT2D eigenvalue weighted by molar-refractivity contribution is -0.120.